The molecule has 1 aromatic rings. The van der Waals surface area contributed by atoms with Gasteiger partial charge in [0, 0.05) is 30.6 Å². The molecule has 0 aliphatic carbocycles. The molecule has 2 fully saturated rings. The van der Waals surface area contributed by atoms with Crippen molar-refractivity contribution in [1.82, 2.24) is 9.80 Å². The summed E-state index contributed by atoms with van der Waals surface area (Å²) in [5.41, 5.74) is 0. The number of hydrogen-bond donors (Lipinski definition) is 0. The lowest BCUT2D eigenvalue weighted by atomic mass is 10.1. The van der Waals surface area contributed by atoms with Crippen LogP contribution in [0.25, 0.3) is 0 Å². The number of piperidine rings is 1. The van der Waals surface area contributed by atoms with E-state index in [9.17, 15) is 9.59 Å². The van der Waals surface area contributed by atoms with Gasteiger partial charge < -0.3 is 9.80 Å². The van der Waals surface area contributed by atoms with Crippen LogP contribution < -0.4 is 4.90 Å². The average Bonchev–Trinajstić information content (AvgIpc) is 3.02. The van der Waals surface area contributed by atoms with Crippen LogP contribution in [0.1, 0.15) is 24.1 Å². The fourth-order valence-corrected chi connectivity index (χ4v) is 4.12. The van der Waals surface area contributed by atoms with Gasteiger partial charge in [0.2, 0.25) is 11.8 Å². The lowest BCUT2D eigenvalue weighted by Crippen LogP contribution is -2.51. The summed E-state index contributed by atoms with van der Waals surface area (Å²) >= 11 is 1.62. The molecule has 0 bridgehead atoms. The first kappa shape index (κ1) is 17.2. The van der Waals surface area contributed by atoms with E-state index in [1.54, 1.807) is 27.2 Å². The maximum atomic E-state index is 12.3. The van der Waals surface area contributed by atoms with E-state index in [1.807, 2.05) is 25.1 Å². The molecule has 3 heterocycles. The second-order valence-corrected chi connectivity index (χ2v) is 7.72. The smallest absolute Gasteiger partial charge is 0.247 e. The Labute approximate surface area is 147 Å². The van der Waals surface area contributed by atoms with Crippen molar-refractivity contribution in [2.75, 3.05) is 44.2 Å². The summed E-state index contributed by atoms with van der Waals surface area (Å²) in [5, 5.41) is 0.977. The third-order valence-corrected chi connectivity index (χ3v) is 5.62. The number of carbonyl (C=O) groups excluding carboxylic acids is 2. The summed E-state index contributed by atoms with van der Waals surface area (Å²) in [7, 11) is 0. The minimum atomic E-state index is -0.0534. The molecule has 0 unspecified atom stereocenters. The number of aryl methyl sites for hydroxylation is 1. The molecular formula is C18H25N3O2S. The van der Waals surface area contributed by atoms with E-state index in [1.165, 1.54) is 24.1 Å². The summed E-state index contributed by atoms with van der Waals surface area (Å²) in [4.78, 5) is 31.6. The number of amides is 2. The van der Waals surface area contributed by atoms with Crippen molar-refractivity contribution in [2.45, 2.75) is 26.2 Å². The molecule has 2 amide bonds. The molecule has 0 saturated carbocycles. The lowest BCUT2D eigenvalue weighted by molar-refractivity contribution is -0.133. The predicted molar refractivity (Wildman–Crippen MR) is 97.4 cm³/mol. The Bertz CT molecular complexity index is 620. The van der Waals surface area contributed by atoms with E-state index in [2.05, 4.69) is 4.90 Å². The average molecular weight is 347 g/mol. The zero-order valence-electron chi connectivity index (χ0n) is 14.2. The summed E-state index contributed by atoms with van der Waals surface area (Å²) in [5.74, 6) is -0.0525. The van der Waals surface area contributed by atoms with Crippen LogP contribution in [0.3, 0.4) is 0 Å². The standard InChI is InChI=1S/C18H25N3O2S/c1-15-7-8-18(24-15)21-13-12-20(14-17(21)23)16(22)6-5-11-19-9-3-2-4-10-19/h5-8H,2-4,9-14H2,1H3/b6-5+. The minimum Gasteiger partial charge on any atom is -0.328 e. The number of carbonyl (C=O) groups is 2. The Balaban J connectivity index is 1.49. The maximum absolute atomic E-state index is 12.3. The lowest BCUT2D eigenvalue weighted by Gasteiger charge is -2.33. The third kappa shape index (κ3) is 4.24. The molecule has 0 radical (unpaired) electrons. The Morgan fingerprint density at radius 1 is 1.17 bits per heavy atom. The van der Waals surface area contributed by atoms with Crippen LogP contribution in [-0.2, 0) is 9.59 Å². The zero-order chi connectivity index (χ0) is 16.9. The van der Waals surface area contributed by atoms with E-state index < -0.39 is 0 Å². The maximum Gasteiger partial charge on any atom is 0.247 e. The van der Waals surface area contributed by atoms with Gasteiger partial charge in [-0.1, -0.05) is 12.5 Å². The molecule has 0 N–H and O–H groups in total. The van der Waals surface area contributed by atoms with Crippen molar-refractivity contribution in [3.63, 3.8) is 0 Å². The van der Waals surface area contributed by atoms with Gasteiger partial charge >= 0.3 is 0 Å². The molecule has 3 rings (SSSR count). The van der Waals surface area contributed by atoms with Crippen LogP contribution in [0.15, 0.2) is 24.3 Å². The summed E-state index contributed by atoms with van der Waals surface area (Å²) in [6.07, 6.45) is 7.39. The second kappa shape index (κ2) is 7.94. The summed E-state index contributed by atoms with van der Waals surface area (Å²) in [6, 6.07) is 4.00. The number of nitrogens with zero attached hydrogens (tertiary/aromatic N) is 3. The normalized spacial score (nSPS) is 20.1. The SMILES string of the molecule is Cc1ccc(N2CCN(C(=O)/C=C/CN3CCCCC3)CC2=O)s1. The van der Waals surface area contributed by atoms with E-state index in [0.29, 0.717) is 13.1 Å². The van der Waals surface area contributed by atoms with Crippen molar-refractivity contribution >= 4 is 28.2 Å². The van der Waals surface area contributed by atoms with E-state index in [0.717, 1.165) is 24.6 Å². The number of likely N-dealkylation sites (tertiary alicyclic amines) is 1. The fourth-order valence-electron chi connectivity index (χ4n) is 3.21. The van der Waals surface area contributed by atoms with Crippen LogP contribution in [0.4, 0.5) is 5.00 Å². The first-order valence-corrected chi connectivity index (χ1v) is 9.50. The Morgan fingerprint density at radius 3 is 2.62 bits per heavy atom. The van der Waals surface area contributed by atoms with Gasteiger partial charge in [-0.15, -0.1) is 11.3 Å². The van der Waals surface area contributed by atoms with Crippen molar-refractivity contribution in [1.29, 1.82) is 0 Å². The topological polar surface area (TPSA) is 43.9 Å². The zero-order valence-corrected chi connectivity index (χ0v) is 15.1. The number of hydrogen-bond acceptors (Lipinski definition) is 4. The molecule has 2 aliphatic rings. The molecule has 0 atom stereocenters. The van der Waals surface area contributed by atoms with Crippen LogP contribution in [0.5, 0.6) is 0 Å². The minimum absolute atomic E-state index is 0.000815. The molecule has 0 aromatic carbocycles. The number of piperazine rings is 1. The van der Waals surface area contributed by atoms with Crippen LogP contribution in [0.2, 0.25) is 0 Å². The molecular weight excluding hydrogens is 322 g/mol. The van der Waals surface area contributed by atoms with Crippen LogP contribution in [-0.4, -0.2) is 60.9 Å². The molecule has 6 heteroatoms. The second-order valence-electron chi connectivity index (χ2n) is 6.45. The van der Waals surface area contributed by atoms with E-state index >= 15 is 0 Å². The summed E-state index contributed by atoms with van der Waals surface area (Å²) in [6.45, 7) is 6.44. The number of anilines is 1. The molecule has 24 heavy (non-hydrogen) atoms. The highest BCUT2D eigenvalue weighted by Gasteiger charge is 2.27. The highest BCUT2D eigenvalue weighted by atomic mass is 32.1. The van der Waals surface area contributed by atoms with Crippen molar-refractivity contribution < 1.29 is 9.59 Å². The Morgan fingerprint density at radius 2 is 1.96 bits per heavy atom. The number of rotatable bonds is 4. The van der Waals surface area contributed by atoms with Crippen LogP contribution >= 0.6 is 11.3 Å². The first-order chi connectivity index (χ1) is 11.6. The van der Waals surface area contributed by atoms with Crippen molar-refractivity contribution in [2.24, 2.45) is 0 Å². The fraction of sp³-hybridized carbons (Fsp3) is 0.556. The molecule has 2 aliphatic heterocycles. The van der Waals surface area contributed by atoms with Gasteiger partial charge in [0.25, 0.3) is 0 Å². The van der Waals surface area contributed by atoms with E-state index in [-0.39, 0.29) is 18.4 Å². The van der Waals surface area contributed by atoms with Gasteiger partial charge in [0.1, 0.15) is 6.54 Å². The van der Waals surface area contributed by atoms with Gasteiger partial charge in [0.15, 0.2) is 0 Å². The van der Waals surface area contributed by atoms with Gasteiger partial charge in [0.05, 0.1) is 5.00 Å². The highest BCUT2D eigenvalue weighted by molar-refractivity contribution is 7.16. The first-order valence-electron chi connectivity index (χ1n) is 8.68. The highest BCUT2D eigenvalue weighted by Crippen LogP contribution is 2.26. The summed E-state index contributed by atoms with van der Waals surface area (Å²) < 4.78 is 0. The van der Waals surface area contributed by atoms with Gasteiger partial charge in [-0.25, -0.2) is 0 Å². The van der Waals surface area contributed by atoms with Crippen molar-refractivity contribution in [3.8, 4) is 0 Å². The van der Waals surface area contributed by atoms with Gasteiger partial charge in [-0.3, -0.25) is 14.5 Å². The molecule has 130 valence electrons. The Kier molecular flexibility index (Phi) is 5.68. The van der Waals surface area contributed by atoms with Gasteiger partial charge in [-0.2, -0.15) is 0 Å². The van der Waals surface area contributed by atoms with Crippen molar-refractivity contribution in [3.05, 3.63) is 29.2 Å². The molecule has 2 saturated heterocycles. The van der Waals surface area contributed by atoms with Gasteiger partial charge in [-0.05, 0) is 45.0 Å². The molecule has 1 aromatic heterocycles. The monoisotopic (exact) mass is 347 g/mol. The Hall–Kier alpha value is -1.66. The molecule has 0 spiro atoms. The van der Waals surface area contributed by atoms with Crippen LogP contribution in [0, 0.1) is 6.92 Å². The third-order valence-electron chi connectivity index (χ3n) is 4.60. The quantitative estimate of drug-likeness (QED) is 0.785. The number of thiophene rings is 1. The largest absolute Gasteiger partial charge is 0.328 e. The molecule has 5 nitrogen and oxygen atoms in total. The predicted octanol–water partition coefficient (Wildman–Crippen LogP) is 2.27. The van der Waals surface area contributed by atoms with E-state index in [4.69, 9.17) is 0 Å².